The van der Waals surface area contributed by atoms with Gasteiger partial charge in [-0.3, -0.25) is 4.79 Å². The molecule has 0 rings (SSSR count). The van der Waals surface area contributed by atoms with Crippen LogP contribution >= 0.6 is 0 Å². The zero-order valence-electron chi connectivity index (χ0n) is 14.0. The SMILES string of the molecule is CCOCOCC(COC(=O)C(C)(C)CC)OCOCC. The molecule has 0 bridgehead atoms. The Hall–Kier alpha value is -0.690. The lowest BCUT2D eigenvalue weighted by molar-refractivity contribution is -0.171. The van der Waals surface area contributed by atoms with Crippen molar-refractivity contribution >= 4 is 5.97 Å². The average molecular weight is 306 g/mol. The molecule has 0 radical (unpaired) electrons. The van der Waals surface area contributed by atoms with E-state index in [4.69, 9.17) is 23.7 Å². The van der Waals surface area contributed by atoms with Gasteiger partial charge in [0.05, 0.1) is 12.0 Å². The first kappa shape index (κ1) is 20.3. The summed E-state index contributed by atoms with van der Waals surface area (Å²) in [7, 11) is 0. The van der Waals surface area contributed by atoms with Gasteiger partial charge < -0.3 is 23.7 Å². The summed E-state index contributed by atoms with van der Waals surface area (Å²) < 4.78 is 26.3. The first-order chi connectivity index (χ1) is 9.97. The van der Waals surface area contributed by atoms with E-state index >= 15 is 0 Å². The predicted molar refractivity (Wildman–Crippen MR) is 78.8 cm³/mol. The fourth-order valence-electron chi connectivity index (χ4n) is 1.20. The minimum atomic E-state index is -0.489. The zero-order chi connectivity index (χ0) is 16.1. The summed E-state index contributed by atoms with van der Waals surface area (Å²) in [5.41, 5.74) is -0.489. The molecule has 1 unspecified atom stereocenters. The van der Waals surface area contributed by atoms with E-state index in [9.17, 15) is 4.79 Å². The van der Waals surface area contributed by atoms with Crippen LogP contribution in [0.2, 0.25) is 0 Å². The van der Waals surface area contributed by atoms with Gasteiger partial charge in [0.2, 0.25) is 0 Å². The van der Waals surface area contributed by atoms with Gasteiger partial charge in [0.25, 0.3) is 0 Å². The van der Waals surface area contributed by atoms with Crippen LogP contribution < -0.4 is 0 Å². The topological polar surface area (TPSA) is 63.2 Å². The van der Waals surface area contributed by atoms with Gasteiger partial charge >= 0.3 is 5.97 Å². The van der Waals surface area contributed by atoms with E-state index in [2.05, 4.69) is 0 Å². The highest BCUT2D eigenvalue weighted by Gasteiger charge is 2.28. The van der Waals surface area contributed by atoms with E-state index in [0.717, 1.165) is 6.42 Å². The fraction of sp³-hybridized carbons (Fsp3) is 0.933. The summed E-state index contributed by atoms with van der Waals surface area (Å²) in [5.74, 6) is -0.236. The molecule has 21 heavy (non-hydrogen) atoms. The van der Waals surface area contributed by atoms with Gasteiger partial charge in [-0.15, -0.1) is 0 Å². The second-order valence-corrected chi connectivity index (χ2v) is 5.22. The molecule has 6 nitrogen and oxygen atoms in total. The van der Waals surface area contributed by atoms with Crippen molar-refractivity contribution in [3.63, 3.8) is 0 Å². The summed E-state index contributed by atoms with van der Waals surface area (Å²) in [6.07, 6.45) is 0.352. The normalized spacial score (nSPS) is 13.2. The van der Waals surface area contributed by atoms with Gasteiger partial charge in [-0.25, -0.2) is 0 Å². The number of hydrogen-bond acceptors (Lipinski definition) is 6. The van der Waals surface area contributed by atoms with Crippen LogP contribution in [-0.2, 0) is 28.5 Å². The molecule has 0 heterocycles. The number of carbonyl (C=O) groups excluding carboxylic acids is 1. The minimum absolute atomic E-state index is 0.140. The van der Waals surface area contributed by atoms with E-state index in [1.807, 2.05) is 34.6 Å². The molecule has 6 heteroatoms. The molecule has 0 aromatic rings. The molecular weight excluding hydrogens is 276 g/mol. The maximum atomic E-state index is 11.9. The van der Waals surface area contributed by atoms with Gasteiger partial charge in [0.15, 0.2) is 0 Å². The van der Waals surface area contributed by atoms with Crippen molar-refractivity contribution in [2.24, 2.45) is 5.41 Å². The lowest BCUT2D eigenvalue weighted by Gasteiger charge is -2.23. The molecule has 0 amide bonds. The summed E-state index contributed by atoms with van der Waals surface area (Å²) in [5, 5.41) is 0. The Labute approximate surface area is 128 Å². The van der Waals surface area contributed by atoms with Gasteiger partial charge in [0.1, 0.15) is 26.3 Å². The molecule has 0 saturated carbocycles. The maximum absolute atomic E-state index is 11.9. The lowest BCUT2D eigenvalue weighted by Crippen LogP contribution is -2.33. The molecule has 0 saturated heterocycles. The van der Waals surface area contributed by atoms with Crippen LogP contribution in [0.15, 0.2) is 0 Å². The van der Waals surface area contributed by atoms with Crippen LogP contribution in [0.5, 0.6) is 0 Å². The van der Waals surface area contributed by atoms with Crippen LogP contribution in [0.1, 0.15) is 41.0 Å². The molecule has 1 atom stereocenters. The summed E-state index contributed by atoms with van der Waals surface area (Å²) >= 11 is 0. The molecular formula is C15H30O6. The summed E-state index contributed by atoms with van der Waals surface area (Å²) in [6, 6.07) is 0. The number of rotatable bonds is 13. The molecule has 126 valence electrons. The summed E-state index contributed by atoms with van der Waals surface area (Å²) in [4.78, 5) is 11.9. The van der Waals surface area contributed by atoms with Gasteiger partial charge in [0, 0.05) is 13.2 Å². The largest absolute Gasteiger partial charge is 0.462 e. The monoisotopic (exact) mass is 306 g/mol. The molecule has 0 aromatic heterocycles. The highest BCUT2D eigenvalue weighted by molar-refractivity contribution is 5.75. The third-order valence-electron chi connectivity index (χ3n) is 3.10. The number of esters is 1. The Morgan fingerprint density at radius 3 is 2.14 bits per heavy atom. The van der Waals surface area contributed by atoms with Crippen LogP contribution in [0.3, 0.4) is 0 Å². The number of carbonyl (C=O) groups is 1. The van der Waals surface area contributed by atoms with E-state index in [0.29, 0.717) is 13.2 Å². The fourth-order valence-corrected chi connectivity index (χ4v) is 1.20. The van der Waals surface area contributed by atoms with Gasteiger partial charge in [-0.2, -0.15) is 0 Å². The minimum Gasteiger partial charge on any atom is -0.462 e. The second-order valence-electron chi connectivity index (χ2n) is 5.22. The molecule has 0 aliphatic rings. The third-order valence-corrected chi connectivity index (χ3v) is 3.10. The van der Waals surface area contributed by atoms with Crippen molar-refractivity contribution < 1.29 is 28.5 Å². The Balaban J connectivity index is 4.15. The molecule has 0 aromatic carbocycles. The van der Waals surface area contributed by atoms with Crippen molar-refractivity contribution in [2.45, 2.75) is 47.1 Å². The van der Waals surface area contributed by atoms with E-state index in [1.165, 1.54) is 0 Å². The Kier molecular flexibility index (Phi) is 11.5. The molecule has 0 aliphatic carbocycles. The van der Waals surface area contributed by atoms with Crippen LogP contribution in [-0.4, -0.2) is 52.1 Å². The van der Waals surface area contributed by atoms with Crippen molar-refractivity contribution in [1.82, 2.24) is 0 Å². The van der Waals surface area contributed by atoms with Crippen molar-refractivity contribution in [1.29, 1.82) is 0 Å². The van der Waals surface area contributed by atoms with Gasteiger partial charge in [-0.1, -0.05) is 6.92 Å². The Bertz CT molecular complexity index is 267. The third kappa shape index (κ3) is 9.79. The van der Waals surface area contributed by atoms with Crippen LogP contribution in [0, 0.1) is 5.41 Å². The molecule has 0 N–H and O–H groups in total. The highest BCUT2D eigenvalue weighted by Crippen LogP contribution is 2.21. The predicted octanol–water partition coefficient (Wildman–Crippen LogP) is 2.36. The molecule has 0 aliphatic heterocycles. The quantitative estimate of drug-likeness (QED) is 0.296. The molecule has 0 spiro atoms. The first-order valence-electron chi connectivity index (χ1n) is 7.49. The van der Waals surface area contributed by atoms with E-state index < -0.39 is 5.41 Å². The highest BCUT2D eigenvalue weighted by atomic mass is 16.7. The summed E-state index contributed by atoms with van der Waals surface area (Å²) in [6.45, 7) is 11.4. The Morgan fingerprint density at radius 2 is 1.57 bits per heavy atom. The molecule has 0 fully saturated rings. The standard InChI is InChI=1S/C15H30O6/c1-6-15(4,5)14(16)20-10-13(21-12-18-8-3)9-19-11-17-7-2/h13H,6-12H2,1-5H3. The van der Waals surface area contributed by atoms with E-state index in [-0.39, 0.29) is 38.9 Å². The average Bonchev–Trinajstić information content (AvgIpc) is 2.48. The van der Waals surface area contributed by atoms with Crippen molar-refractivity contribution in [3.05, 3.63) is 0 Å². The first-order valence-corrected chi connectivity index (χ1v) is 7.49. The van der Waals surface area contributed by atoms with Crippen LogP contribution in [0.4, 0.5) is 0 Å². The maximum Gasteiger partial charge on any atom is 0.311 e. The Morgan fingerprint density at radius 1 is 0.952 bits per heavy atom. The zero-order valence-corrected chi connectivity index (χ0v) is 14.0. The number of ether oxygens (including phenoxy) is 5. The lowest BCUT2D eigenvalue weighted by atomic mass is 9.91. The smallest absolute Gasteiger partial charge is 0.311 e. The second kappa shape index (κ2) is 11.9. The number of hydrogen-bond donors (Lipinski definition) is 0. The van der Waals surface area contributed by atoms with E-state index in [1.54, 1.807) is 0 Å². The van der Waals surface area contributed by atoms with Gasteiger partial charge in [-0.05, 0) is 34.1 Å². The van der Waals surface area contributed by atoms with Crippen LogP contribution in [0.25, 0.3) is 0 Å². The van der Waals surface area contributed by atoms with Crippen molar-refractivity contribution in [2.75, 3.05) is 40.0 Å². The van der Waals surface area contributed by atoms with Crippen molar-refractivity contribution in [3.8, 4) is 0 Å².